The van der Waals surface area contributed by atoms with Crippen molar-refractivity contribution in [2.75, 3.05) is 7.11 Å². The molecule has 0 saturated carbocycles. The summed E-state index contributed by atoms with van der Waals surface area (Å²) in [6.07, 6.45) is 0.204. The highest BCUT2D eigenvalue weighted by atomic mass is 16.5. The molecule has 0 aliphatic rings. The Morgan fingerprint density at radius 2 is 1.11 bits per heavy atom. The van der Waals surface area contributed by atoms with E-state index in [0.717, 1.165) is 5.56 Å². The van der Waals surface area contributed by atoms with Crippen molar-refractivity contribution in [3.8, 4) is 17.2 Å². The number of aromatic hydroxyl groups is 3. The smallest absolute Gasteiger partial charge is 0.328 e. The average molecular weight is 498 g/mol. The summed E-state index contributed by atoms with van der Waals surface area (Å²) in [6.45, 7) is 0. The number of phenols is 3. The third kappa shape index (κ3) is 5.26. The van der Waals surface area contributed by atoms with Gasteiger partial charge in [-0.15, -0.1) is 0 Å². The van der Waals surface area contributed by atoms with Gasteiger partial charge in [0, 0.05) is 6.42 Å². The summed E-state index contributed by atoms with van der Waals surface area (Å²) in [5.74, 6) is -1.07. The lowest BCUT2D eigenvalue weighted by molar-refractivity contribution is -0.145. The van der Waals surface area contributed by atoms with Crippen LogP contribution < -0.4 is 5.32 Å². The van der Waals surface area contributed by atoms with E-state index >= 15 is 0 Å². The predicted molar refractivity (Wildman–Crippen MR) is 138 cm³/mol. The summed E-state index contributed by atoms with van der Waals surface area (Å²) in [6, 6.07) is 26.8. The second-order valence-corrected chi connectivity index (χ2v) is 8.63. The quantitative estimate of drug-likeness (QED) is 0.216. The molecule has 1 amide bonds. The van der Waals surface area contributed by atoms with Crippen LogP contribution in [0.3, 0.4) is 0 Å². The van der Waals surface area contributed by atoms with Gasteiger partial charge in [0.05, 0.1) is 7.11 Å². The molecule has 0 radical (unpaired) electrons. The second-order valence-electron chi connectivity index (χ2n) is 8.63. The van der Waals surface area contributed by atoms with Crippen LogP contribution in [0.15, 0.2) is 103 Å². The number of phenolic OH excluding ortho intramolecular Hbond substituents is 3. The molecule has 4 aromatic rings. The van der Waals surface area contributed by atoms with E-state index in [1.165, 1.54) is 43.5 Å². The SMILES string of the molecule is COC(=O)[C@@H](Cc1ccccc1)NC(=O)C(c1ccc(O)cc1)(c1ccc(O)cc1)c1ccc(O)cc1. The third-order valence-electron chi connectivity index (χ3n) is 6.32. The van der Waals surface area contributed by atoms with Gasteiger partial charge >= 0.3 is 5.97 Å². The maximum Gasteiger partial charge on any atom is 0.328 e. The molecule has 0 saturated heterocycles. The van der Waals surface area contributed by atoms with Crippen LogP contribution >= 0.6 is 0 Å². The number of methoxy groups -OCH3 is 1. The second kappa shape index (κ2) is 10.9. The number of nitrogens with one attached hydrogen (secondary N) is 1. The Labute approximate surface area is 214 Å². The van der Waals surface area contributed by atoms with Crippen LogP contribution in [0.1, 0.15) is 22.3 Å². The van der Waals surface area contributed by atoms with E-state index in [2.05, 4.69) is 5.32 Å². The van der Waals surface area contributed by atoms with Gasteiger partial charge in [-0.25, -0.2) is 4.79 Å². The first-order valence-electron chi connectivity index (χ1n) is 11.7. The van der Waals surface area contributed by atoms with Crippen LogP contribution in [0.2, 0.25) is 0 Å². The largest absolute Gasteiger partial charge is 0.508 e. The van der Waals surface area contributed by atoms with Gasteiger partial charge in [0.15, 0.2) is 0 Å². The Morgan fingerprint density at radius 3 is 1.49 bits per heavy atom. The monoisotopic (exact) mass is 497 g/mol. The van der Waals surface area contributed by atoms with Crippen molar-refractivity contribution >= 4 is 11.9 Å². The number of hydrogen-bond donors (Lipinski definition) is 4. The zero-order chi connectivity index (χ0) is 26.4. The lowest BCUT2D eigenvalue weighted by atomic mass is 9.68. The first-order valence-corrected chi connectivity index (χ1v) is 11.7. The number of hydrogen-bond acceptors (Lipinski definition) is 6. The van der Waals surface area contributed by atoms with E-state index in [4.69, 9.17) is 4.74 Å². The number of amides is 1. The Balaban J connectivity index is 1.91. The molecule has 7 heteroatoms. The molecule has 0 spiro atoms. The first-order chi connectivity index (χ1) is 17.8. The number of carbonyl (C=O) groups is 2. The molecule has 0 aromatic heterocycles. The maximum atomic E-state index is 14.4. The van der Waals surface area contributed by atoms with Crippen molar-refractivity contribution in [1.29, 1.82) is 0 Å². The summed E-state index contributed by atoms with van der Waals surface area (Å²) in [7, 11) is 1.26. The molecule has 1 atom stereocenters. The molecule has 0 fully saturated rings. The van der Waals surface area contributed by atoms with Gasteiger partial charge < -0.3 is 25.4 Å². The summed E-state index contributed by atoms with van der Waals surface area (Å²) < 4.78 is 5.01. The van der Waals surface area contributed by atoms with Crippen molar-refractivity contribution in [3.63, 3.8) is 0 Å². The summed E-state index contributed by atoms with van der Waals surface area (Å²) in [4.78, 5) is 27.2. The summed E-state index contributed by atoms with van der Waals surface area (Å²) in [5.41, 5.74) is 0.827. The van der Waals surface area contributed by atoms with Gasteiger partial charge in [-0.3, -0.25) is 4.79 Å². The molecular weight excluding hydrogens is 470 g/mol. The van der Waals surface area contributed by atoms with Crippen molar-refractivity contribution in [3.05, 3.63) is 125 Å². The zero-order valence-corrected chi connectivity index (χ0v) is 20.2. The van der Waals surface area contributed by atoms with Gasteiger partial charge in [0.1, 0.15) is 28.7 Å². The molecule has 4 rings (SSSR count). The molecule has 37 heavy (non-hydrogen) atoms. The molecule has 0 heterocycles. The highest BCUT2D eigenvalue weighted by Crippen LogP contribution is 2.41. The van der Waals surface area contributed by atoms with Crippen molar-refractivity contribution in [2.45, 2.75) is 17.9 Å². The number of rotatable bonds is 8. The van der Waals surface area contributed by atoms with E-state index in [1.807, 2.05) is 30.3 Å². The fourth-order valence-corrected chi connectivity index (χ4v) is 4.48. The van der Waals surface area contributed by atoms with Crippen LogP contribution in [0, 0.1) is 0 Å². The molecule has 4 aromatic carbocycles. The Morgan fingerprint density at radius 1 is 0.703 bits per heavy atom. The normalized spacial score (nSPS) is 11.9. The Hall–Kier alpha value is -4.78. The van der Waals surface area contributed by atoms with Crippen LogP contribution in [0.25, 0.3) is 0 Å². The zero-order valence-electron chi connectivity index (χ0n) is 20.2. The van der Waals surface area contributed by atoms with Crippen LogP contribution in [-0.2, 0) is 26.2 Å². The van der Waals surface area contributed by atoms with Crippen molar-refractivity contribution in [2.24, 2.45) is 0 Å². The Kier molecular flexibility index (Phi) is 7.44. The fraction of sp³-hybridized carbons (Fsp3) is 0.133. The summed E-state index contributed by atoms with van der Waals surface area (Å²) >= 11 is 0. The minimum Gasteiger partial charge on any atom is -0.508 e. The molecular formula is C30H27NO6. The molecule has 0 aliphatic carbocycles. The minimum absolute atomic E-state index is 0.0194. The maximum absolute atomic E-state index is 14.4. The highest BCUT2D eigenvalue weighted by molar-refractivity contribution is 5.98. The van der Waals surface area contributed by atoms with E-state index in [1.54, 1.807) is 36.4 Å². The third-order valence-corrected chi connectivity index (χ3v) is 6.32. The van der Waals surface area contributed by atoms with Gasteiger partial charge in [-0.05, 0) is 58.7 Å². The van der Waals surface area contributed by atoms with Crippen LogP contribution in [-0.4, -0.2) is 40.3 Å². The molecule has 0 bridgehead atoms. The van der Waals surface area contributed by atoms with Gasteiger partial charge in [-0.2, -0.15) is 0 Å². The Bertz CT molecular complexity index is 1240. The molecule has 7 nitrogen and oxygen atoms in total. The molecule has 0 aliphatic heterocycles. The van der Waals surface area contributed by atoms with Gasteiger partial charge in [-0.1, -0.05) is 66.7 Å². The highest BCUT2D eigenvalue weighted by Gasteiger charge is 2.45. The minimum atomic E-state index is -1.52. The van der Waals surface area contributed by atoms with Crippen molar-refractivity contribution < 1.29 is 29.6 Å². The van der Waals surface area contributed by atoms with Crippen molar-refractivity contribution in [1.82, 2.24) is 5.32 Å². The number of esters is 1. The number of benzene rings is 4. The lowest BCUT2D eigenvalue weighted by Gasteiger charge is -2.35. The van der Waals surface area contributed by atoms with Crippen LogP contribution in [0.4, 0.5) is 0 Å². The standard InChI is InChI=1S/C30H27NO6/c1-37-28(35)27(19-20-5-3-2-4-6-20)31-29(36)30(21-7-13-24(32)14-8-21,22-9-15-25(33)16-10-22)23-11-17-26(34)18-12-23/h2-18,27,32-34H,19H2,1H3,(H,31,36)/t27-/m1/s1. The van der Waals surface area contributed by atoms with Gasteiger partial charge in [0.25, 0.3) is 0 Å². The lowest BCUT2D eigenvalue weighted by Crippen LogP contribution is -2.52. The average Bonchev–Trinajstić information content (AvgIpc) is 2.91. The van der Waals surface area contributed by atoms with E-state index in [-0.39, 0.29) is 23.7 Å². The number of carbonyl (C=O) groups excluding carboxylic acids is 2. The molecule has 4 N–H and O–H groups in total. The van der Waals surface area contributed by atoms with Crippen LogP contribution in [0.5, 0.6) is 17.2 Å². The van der Waals surface area contributed by atoms with Gasteiger partial charge in [0.2, 0.25) is 5.91 Å². The first kappa shape index (κ1) is 25.3. The van der Waals surface area contributed by atoms with E-state index < -0.39 is 23.3 Å². The number of ether oxygens (including phenoxy) is 1. The molecule has 188 valence electrons. The fourth-order valence-electron chi connectivity index (χ4n) is 4.48. The predicted octanol–water partition coefficient (Wildman–Crippen LogP) is 4.04. The summed E-state index contributed by atoms with van der Waals surface area (Å²) in [5, 5.41) is 32.8. The topological polar surface area (TPSA) is 116 Å². The van der Waals surface area contributed by atoms with E-state index in [0.29, 0.717) is 16.7 Å². The molecule has 0 unspecified atom stereocenters. The van der Waals surface area contributed by atoms with E-state index in [9.17, 15) is 24.9 Å².